The zero-order chi connectivity index (χ0) is 12.9. The molecule has 94 valence electrons. The van der Waals surface area contributed by atoms with Gasteiger partial charge in [-0.15, -0.1) is 0 Å². The van der Waals surface area contributed by atoms with Gasteiger partial charge in [-0.1, -0.05) is 63.3 Å². The standard InChI is InChI=1S/C15H24OSi/c1-15(2,3)17(4,5)16-13-9-12-14-10-7-6-8-11-14/h6-12H,13H2,1-5H3/b12-9+. The average molecular weight is 248 g/mol. The second kappa shape index (κ2) is 5.65. The largest absolute Gasteiger partial charge is 0.413 e. The molecule has 0 aliphatic heterocycles. The van der Waals surface area contributed by atoms with Crippen LogP contribution in [0, 0.1) is 0 Å². The Bertz CT molecular complexity index is 360. The van der Waals surface area contributed by atoms with Crippen LogP contribution in [0.15, 0.2) is 36.4 Å². The Morgan fingerprint density at radius 2 is 1.71 bits per heavy atom. The Balaban J connectivity index is 2.46. The zero-order valence-corrected chi connectivity index (χ0v) is 12.7. The molecule has 0 atom stereocenters. The maximum atomic E-state index is 6.07. The maximum absolute atomic E-state index is 6.07. The molecule has 1 nitrogen and oxygen atoms in total. The molecule has 1 aromatic rings. The normalized spacial score (nSPS) is 13.2. The van der Waals surface area contributed by atoms with E-state index >= 15 is 0 Å². The van der Waals surface area contributed by atoms with E-state index in [0.717, 1.165) is 0 Å². The number of benzene rings is 1. The lowest BCUT2D eigenvalue weighted by molar-refractivity contribution is 0.328. The van der Waals surface area contributed by atoms with Crippen molar-refractivity contribution in [2.45, 2.75) is 38.9 Å². The summed E-state index contributed by atoms with van der Waals surface area (Å²) in [6, 6.07) is 10.3. The summed E-state index contributed by atoms with van der Waals surface area (Å²) in [6.45, 7) is 12.1. The van der Waals surface area contributed by atoms with Crippen molar-refractivity contribution in [2.75, 3.05) is 6.61 Å². The minimum absolute atomic E-state index is 0.285. The highest BCUT2D eigenvalue weighted by molar-refractivity contribution is 6.74. The summed E-state index contributed by atoms with van der Waals surface area (Å²) >= 11 is 0. The third-order valence-corrected chi connectivity index (χ3v) is 7.96. The molecule has 2 heteroatoms. The van der Waals surface area contributed by atoms with Crippen LogP contribution in [0.3, 0.4) is 0 Å². The van der Waals surface area contributed by atoms with Gasteiger partial charge in [-0.2, -0.15) is 0 Å². The SMILES string of the molecule is CC(C)(C)[Si](C)(C)OC/C=C/c1ccccc1. The summed E-state index contributed by atoms with van der Waals surface area (Å²) in [4.78, 5) is 0. The Labute approximate surface area is 107 Å². The fraction of sp³-hybridized carbons (Fsp3) is 0.467. The third kappa shape index (κ3) is 4.48. The molecule has 0 unspecified atom stereocenters. The van der Waals surface area contributed by atoms with Gasteiger partial charge in [0.2, 0.25) is 0 Å². The minimum Gasteiger partial charge on any atom is -0.413 e. The summed E-state index contributed by atoms with van der Waals surface area (Å²) < 4.78 is 6.07. The molecular formula is C15H24OSi. The van der Waals surface area contributed by atoms with Gasteiger partial charge in [-0.25, -0.2) is 0 Å². The van der Waals surface area contributed by atoms with Crippen molar-refractivity contribution < 1.29 is 4.43 Å². The van der Waals surface area contributed by atoms with E-state index in [1.807, 2.05) is 18.2 Å². The average Bonchev–Trinajstić information content (AvgIpc) is 2.24. The first kappa shape index (κ1) is 14.2. The summed E-state index contributed by atoms with van der Waals surface area (Å²) in [6.07, 6.45) is 4.23. The smallest absolute Gasteiger partial charge is 0.192 e. The summed E-state index contributed by atoms with van der Waals surface area (Å²) in [5, 5.41) is 0.285. The maximum Gasteiger partial charge on any atom is 0.192 e. The fourth-order valence-electron chi connectivity index (χ4n) is 1.22. The minimum atomic E-state index is -1.59. The highest BCUT2D eigenvalue weighted by Crippen LogP contribution is 2.36. The van der Waals surface area contributed by atoms with Crippen molar-refractivity contribution in [3.05, 3.63) is 42.0 Å². The van der Waals surface area contributed by atoms with Crippen molar-refractivity contribution in [2.24, 2.45) is 0 Å². The molecule has 0 aliphatic rings. The van der Waals surface area contributed by atoms with Gasteiger partial charge in [-0.3, -0.25) is 0 Å². The zero-order valence-electron chi connectivity index (χ0n) is 11.7. The molecule has 17 heavy (non-hydrogen) atoms. The first-order valence-corrected chi connectivity index (χ1v) is 9.09. The van der Waals surface area contributed by atoms with E-state index in [1.54, 1.807) is 0 Å². The molecule has 1 aromatic carbocycles. The number of hydrogen-bond donors (Lipinski definition) is 0. The van der Waals surface area contributed by atoms with Crippen LogP contribution < -0.4 is 0 Å². The molecule has 0 bridgehead atoms. The van der Waals surface area contributed by atoms with Crippen LogP contribution in [-0.4, -0.2) is 14.9 Å². The topological polar surface area (TPSA) is 9.23 Å². The van der Waals surface area contributed by atoms with Crippen LogP contribution in [0.25, 0.3) is 6.08 Å². The van der Waals surface area contributed by atoms with E-state index < -0.39 is 8.32 Å². The van der Waals surface area contributed by atoms with Crippen molar-refractivity contribution in [1.29, 1.82) is 0 Å². The summed E-state index contributed by atoms with van der Waals surface area (Å²) in [5.41, 5.74) is 1.23. The van der Waals surface area contributed by atoms with Gasteiger partial charge in [-0.05, 0) is 23.7 Å². The Morgan fingerprint density at radius 1 is 1.12 bits per heavy atom. The first-order chi connectivity index (χ1) is 7.83. The predicted molar refractivity (Wildman–Crippen MR) is 78.6 cm³/mol. The molecule has 0 amide bonds. The van der Waals surface area contributed by atoms with E-state index in [-0.39, 0.29) is 5.04 Å². The van der Waals surface area contributed by atoms with Crippen molar-refractivity contribution in [3.8, 4) is 0 Å². The summed E-state index contributed by atoms with van der Waals surface area (Å²) in [7, 11) is -1.59. The van der Waals surface area contributed by atoms with Gasteiger partial charge in [0, 0.05) is 0 Å². The lowest BCUT2D eigenvalue weighted by Crippen LogP contribution is -2.40. The Kier molecular flexibility index (Phi) is 4.72. The monoisotopic (exact) mass is 248 g/mol. The van der Waals surface area contributed by atoms with E-state index in [9.17, 15) is 0 Å². The Morgan fingerprint density at radius 3 is 2.24 bits per heavy atom. The molecule has 0 N–H and O–H groups in total. The van der Waals surface area contributed by atoms with Crippen LogP contribution in [0.1, 0.15) is 26.3 Å². The van der Waals surface area contributed by atoms with Gasteiger partial charge in [0.1, 0.15) is 0 Å². The lowest BCUT2D eigenvalue weighted by Gasteiger charge is -2.35. The fourth-order valence-corrected chi connectivity index (χ4v) is 2.17. The number of hydrogen-bond acceptors (Lipinski definition) is 1. The molecular weight excluding hydrogens is 224 g/mol. The highest BCUT2D eigenvalue weighted by atomic mass is 28.4. The first-order valence-electron chi connectivity index (χ1n) is 6.18. The Hall–Kier alpha value is -0.863. The molecule has 0 fully saturated rings. The second-order valence-corrected chi connectivity index (χ2v) is 10.7. The summed E-state index contributed by atoms with van der Waals surface area (Å²) in [5.74, 6) is 0. The van der Waals surface area contributed by atoms with E-state index in [2.05, 4.69) is 58.2 Å². The van der Waals surface area contributed by atoms with Gasteiger partial charge in [0.05, 0.1) is 6.61 Å². The molecule has 0 aromatic heterocycles. The van der Waals surface area contributed by atoms with E-state index in [4.69, 9.17) is 4.43 Å². The van der Waals surface area contributed by atoms with Crippen LogP contribution in [0.5, 0.6) is 0 Å². The van der Waals surface area contributed by atoms with Gasteiger partial charge < -0.3 is 4.43 Å². The van der Waals surface area contributed by atoms with Crippen LogP contribution in [-0.2, 0) is 4.43 Å². The molecule has 0 saturated heterocycles. The quantitative estimate of drug-likeness (QED) is 0.700. The molecule has 0 saturated carbocycles. The second-order valence-electron chi connectivity index (χ2n) is 5.88. The lowest BCUT2D eigenvalue weighted by atomic mass is 10.2. The molecule has 1 rings (SSSR count). The van der Waals surface area contributed by atoms with Gasteiger partial charge >= 0.3 is 0 Å². The number of rotatable bonds is 4. The van der Waals surface area contributed by atoms with Crippen LogP contribution in [0.4, 0.5) is 0 Å². The highest BCUT2D eigenvalue weighted by Gasteiger charge is 2.36. The van der Waals surface area contributed by atoms with E-state index in [0.29, 0.717) is 6.61 Å². The molecule has 0 heterocycles. The van der Waals surface area contributed by atoms with Crippen molar-refractivity contribution in [1.82, 2.24) is 0 Å². The van der Waals surface area contributed by atoms with Crippen molar-refractivity contribution in [3.63, 3.8) is 0 Å². The van der Waals surface area contributed by atoms with Crippen LogP contribution in [0.2, 0.25) is 18.1 Å². The molecule has 0 radical (unpaired) electrons. The third-order valence-electron chi connectivity index (χ3n) is 3.46. The molecule has 0 aliphatic carbocycles. The van der Waals surface area contributed by atoms with E-state index in [1.165, 1.54) is 5.56 Å². The predicted octanol–water partition coefficient (Wildman–Crippen LogP) is 4.72. The van der Waals surface area contributed by atoms with Crippen molar-refractivity contribution >= 4 is 14.4 Å². The van der Waals surface area contributed by atoms with Crippen LogP contribution >= 0.6 is 0 Å². The van der Waals surface area contributed by atoms with Gasteiger partial charge in [0.15, 0.2) is 8.32 Å². The van der Waals surface area contributed by atoms with Gasteiger partial charge in [0.25, 0.3) is 0 Å². The molecule has 0 spiro atoms.